The van der Waals surface area contributed by atoms with Gasteiger partial charge < -0.3 is 4.74 Å². The van der Waals surface area contributed by atoms with Gasteiger partial charge in [0.05, 0.1) is 7.11 Å². The van der Waals surface area contributed by atoms with Crippen LogP contribution in [0.5, 0.6) is 5.75 Å². The van der Waals surface area contributed by atoms with Crippen molar-refractivity contribution in [1.29, 1.82) is 0 Å². The van der Waals surface area contributed by atoms with Gasteiger partial charge in [-0.15, -0.1) is 0 Å². The van der Waals surface area contributed by atoms with Crippen LogP contribution < -0.4 is 4.74 Å². The molecule has 0 saturated carbocycles. The van der Waals surface area contributed by atoms with Crippen molar-refractivity contribution in [2.75, 3.05) is 7.11 Å². The summed E-state index contributed by atoms with van der Waals surface area (Å²) in [6, 6.07) is 29.7. The van der Waals surface area contributed by atoms with Crippen LogP contribution in [0.3, 0.4) is 0 Å². The van der Waals surface area contributed by atoms with Crippen LogP contribution in [0, 0.1) is 0 Å². The Hall–Kier alpha value is -2.54. The molecule has 3 rings (SSSR count). The first kappa shape index (κ1) is 15.4. The number of ether oxygens (including phenoxy) is 1. The molecular weight excluding hydrogens is 280 g/mol. The van der Waals surface area contributed by atoms with Crippen LogP contribution in [0.25, 0.3) is 0 Å². The van der Waals surface area contributed by atoms with Crippen LogP contribution in [0.2, 0.25) is 0 Å². The molecule has 1 heteroatoms. The average Bonchev–Trinajstić information content (AvgIpc) is 2.63. The van der Waals surface area contributed by atoms with Crippen molar-refractivity contribution in [3.63, 3.8) is 0 Å². The van der Waals surface area contributed by atoms with Gasteiger partial charge in [-0.05, 0) is 29.2 Å². The summed E-state index contributed by atoms with van der Waals surface area (Å²) < 4.78 is 5.56. The second kappa shape index (κ2) is 6.70. The molecule has 0 spiro atoms. The van der Waals surface area contributed by atoms with Crippen LogP contribution in [0.1, 0.15) is 23.6 Å². The monoisotopic (exact) mass is 302 g/mol. The molecule has 116 valence electrons. The van der Waals surface area contributed by atoms with E-state index in [1.54, 1.807) is 7.11 Å². The molecule has 0 aliphatic heterocycles. The molecule has 1 nitrogen and oxygen atoms in total. The Morgan fingerprint density at radius 2 is 1.17 bits per heavy atom. The van der Waals surface area contributed by atoms with E-state index in [9.17, 15) is 0 Å². The van der Waals surface area contributed by atoms with Crippen molar-refractivity contribution in [3.8, 4) is 5.75 Å². The molecule has 3 aromatic rings. The molecule has 0 radical (unpaired) electrons. The van der Waals surface area contributed by atoms with Gasteiger partial charge in [0.25, 0.3) is 0 Å². The normalized spacial score (nSPS) is 11.2. The molecule has 0 aliphatic rings. The van der Waals surface area contributed by atoms with Gasteiger partial charge in [-0.1, -0.05) is 85.8 Å². The van der Waals surface area contributed by atoms with Gasteiger partial charge in [0, 0.05) is 5.41 Å². The van der Waals surface area contributed by atoms with Gasteiger partial charge in [-0.3, -0.25) is 0 Å². The number of rotatable bonds is 5. The maximum atomic E-state index is 5.56. The van der Waals surface area contributed by atoms with Crippen molar-refractivity contribution < 1.29 is 4.74 Å². The summed E-state index contributed by atoms with van der Waals surface area (Å²) in [5, 5.41) is 0. The van der Waals surface area contributed by atoms with Gasteiger partial charge in [-0.2, -0.15) is 0 Å². The maximum absolute atomic E-state index is 5.56. The summed E-state index contributed by atoms with van der Waals surface area (Å²) in [4.78, 5) is 0. The first-order valence-corrected chi connectivity index (χ1v) is 7.97. The Morgan fingerprint density at radius 3 is 1.70 bits per heavy atom. The highest BCUT2D eigenvalue weighted by Gasteiger charge is 2.30. The Labute approximate surface area is 138 Å². The first-order chi connectivity index (χ1) is 11.2. The van der Waals surface area contributed by atoms with E-state index in [0.717, 1.165) is 12.2 Å². The Bertz CT molecular complexity index is 708. The molecular formula is C22H22O. The van der Waals surface area contributed by atoms with Crippen molar-refractivity contribution >= 4 is 0 Å². The van der Waals surface area contributed by atoms with Gasteiger partial charge in [-0.25, -0.2) is 0 Å². The highest BCUT2D eigenvalue weighted by atomic mass is 16.5. The summed E-state index contributed by atoms with van der Waals surface area (Å²) in [7, 11) is 1.74. The zero-order valence-corrected chi connectivity index (χ0v) is 13.7. The van der Waals surface area contributed by atoms with E-state index >= 15 is 0 Å². The van der Waals surface area contributed by atoms with Crippen LogP contribution in [-0.4, -0.2) is 7.11 Å². The van der Waals surface area contributed by atoms with Gasteiger partial charge in [0.2, 0.25) is 0 Å². The zero-order valence-electron chi connectivity index (χ0n) is 13.7. The molecule has 23 heavy (non-hydrogen) atoms. The third-order valence-electron chi connectivity index (χ3n) is 4.56. The Balaban J connectivity index is 2.10. The van der Waals surface area contributed by atoms with Gasteiger partial charge in [0.15, 0.2) is 0 Å². The number of para-hydroxylation sites is 1. The molecule has 0 atom stereocenters. The molecule has 3 aromatic carbocycles. The molecule has 0 heterocycles. The fourth-order valence-corrected chi connectivity index (χ4v) is 3.21. The molecule has 0 aliphatic carbocycles. The average molecular weight is 302 g/mol. The van der Waals surface area contributed by atoms with E-state index < -0.39 is 0 Å². The first-order valence-electron chi connectivity index (χ1n) is 7.97. The smallest absolute Gasteiger partial charge is 0.122 e. The highest BCUT2D eigenvalue weighted by Crippen LogP contribution is 2.37. The predicted octanol–water partition coefficient (Wildman–Crippen LogP) is 5.24. The lowest BCUT2D eigenvalue weighted by molar-refractivity contribution is 0.404. The molecule has 0 fully saturated rings. The molecule has 0 aromatic heterocycles. The summed E-state index contributed by atoms with van der Waals surface area (Å²) in [5.41, 5.74) is 3.76. The fraction of sp³-hybridized carbons (Fsp3) is 0.182. The minimum absolute atomic E-state index is 0.100. The van der Waals surface area contributed by atoms with Crippen LogP contribution in [0.15, 0.2) is 84.9 Å². The quantitative estimate of drug-likeness (QED) is 0.626. The zero-order chi connectivity index (χ0) is 16.1. The van der Waals surface area contributed by atoms with Crippen molar-refractivity contribution in [1.82, 2.24) is 0 Å². The molecule has 0 bridgehead atoms. The van der Waals surface area contributed by atoms with E-state index in [1.165, 1.54) is 16.7 Å². The van der Waals surface area contributed by atoms with Crippen LogP contribution in [-0.2, 0) is 11.8 Å². The lowest BCUT2D eigenvalue weighted by atomic mass is 9.72. The minimum Gasteiger partial charge on any atom is -0.496 e. The fourth-order valence-electron chi connectivity index (χ4n) is 3.21. The lowest BCUT2D eigenvalue weighted by Crippen LogP contribution is -2.26. The standard InChI is InChI=1S/C22H22O/c1-22(19-12-5-3-6-13-19,20-14-7-4-8-15-20)17-18-11-9-10-16-21(18)23-2/h3-16H,17H2,1-2H3. The summed E-state index contributed by atoms with van der Waals surface area (Å²) in [6.45, 7) is 2.31. The van der Waals surface area contributed by atoms with Crippen molar-refractivity contribution in [2.45, 2.75) is 18.8 Å². The van der Waals surface area contributed by atoms with Crippen molar-refractivity contribution in [3.05, 3.63) is 102 Å². The summed E-state index contributed by atoms with van der Waals surface area (Å²) >= 11 is 0. The second-order valence-electron chi connectivity index (χ2n) is 6.05. The van der Waals surface area contributed by atoms with Crippen LogP contribution >= 0.6 is 0 Å². The summed E-state index contributed by atoms with van der Waals surface area (Å²) in [5.74, 6) is 0.950. The molecule has 0 N–H and O–H groups in total. The number of hydrogen-bond donors (Lipinski definition) is 0. The third kappa shape index (κ3) is 3.14. The largest absolute Gasteiger partial charge is 0.496 e. The molecule has 0 amide bonds. The predicted molar refractivity (Wildman–Crippen MR) is 96.0 cm³/mol. The highest BCUT2D eigenvalue weighted by molar-refractivity contribution is 5.43. The lowest BCUT2D eigenvalue weighted by Gasteiger charge is -2.32. The summed E-state index contributed by atoms with van der Waals surface area (Å²) in [6.07, 6.45) is 0.894. The molecule has 0 saturated heterocycles. The number of hydrogen-bond acceptors (Lipinski definition) is 1. The van der Waals surface area contributed by atoms with Crippen LogP contribution in [0.4, 0.5) is 0 Å². The minimum atomic E-state index is -0.100. The van der Waals surface area contributed by atoms with E-state index in [4.69, 9.17) is 4.74 Å². The van der Waals surface area contributed by atoms with Crippen molar-refractivity contribution in [2.24, 2.45) is 0 Å². The van der Waals surface area contributed by atoms with E-state index in [1.807, 2.05) is 12.1 Å². The Morgan fingerprint density at radius 1 is 0.696 bits per heavy atom. The second-order valence-corrected chi connectivity index (χ2v) is 6.05. The maximum Gasteiger partial charge on any atom is 0.122 e. The SMILES string of the molecule is COc1ccccc1CC(C)(c1ccccc1)c1ccccc1. The number of methoxy groups -OCH3 is 1. The van der Waals surface area contributed by atoms with Gasteiger partial charge >= 0.3 is 0 Å². The topological polar surface area (TPSA) is 9.23 Å². The van der Waals surface area contributed by atoms with E-state index in [0.29, 0.717) is 0 Å². The third-order valence-corrected chi connectivity index (χ3v) is 4.56. The van der Waals surface area contributed by atoms with E-state index in [2.05, 4.69) is 79.7 Å². The van der Waals surface area contributed by atoms with Gasteiger partial charge in [0.1, 0.15) is 5.75 Å². The van der Waals surface area contributed by atoms with E-state index in [-0.39, 0.29) is 5.41 Å². The molecule has 0 unspecified atom stereocenters. The number of benzene rings is 3. The Kier molecular flexibility index (Phi) is 4.47.